The van der Waals surface area contributed by atoms with Crippen molar-refractivity contribution in [2.24, 2.45) is 5.10 Å². The zero-order chi connectivity index (χ0) is 19.5. The van der Waals surface area contributed by atoms with Gasteiger partial charge in [0.15, 0.2) is 0 Å². The van der Waals surface area contributed by atoms with Crippen LogP contribution in [0.2, 0.25) is 0 Å². The fourth-order valence-electron chi connectivity index (χ4n) is 3.03. The van der Waals surface area contributed by atoms with Gasteiger partial charge in [0.25, 0.3) is 5.91 Å². The number of ether oxygens (including phenoxy) is 1. The van der Waals surface area contributed by atoms with Crippen molar-refractivity contribution in [3.8, 4) is 17.0 Å². The third-order valence-electron chi connectivity index (χ3n) is 4.51. The van der Waals surface area contributed by atoms with Gasteiger partial charge in [-0.15, -0.1) is 0 Å². The summed E-state index contributed by atoms with van der Waals surface area (Å²) in [5.41, 5.74) is 7.39. The summed E-state index contributed by atoms with van der Waals surface area (Å²) in [4.78, 5) is 15.6. The third kappa shape index (κ3) is 3.37. The van der Waals surface area contributed by atoms with Gasteiger partial charge in [0.1, 0.15) is 11.4 Å². The van der Waals surface area contributed by atoms with E-state index in [2.05, 4.69) is 25.7 Å². The number of hydrogen-bond acceptors (Lipinski definition) is 4. The Morgan fingerprint density at radius 1 is 1.18 bits per heavy atom. The predicted octanol–water partition coefficient (Wildman–Crippen LogP) is 3.64. The molecular formula is C21H19N5O2. The van der Waals surface area contributed by atoms with Gasteiger partial charge in [-0.25, -0.2) is 5.43 Å². The number of para-hydroxylation sites is 1. The number of aromatic nitrogens is 3. The van der Waals surface area contributed by atoms with Crippen molar-refractivity contribution in [1.82, 2.24) is 20.6 Å². The van der Waals surface area contributed by atoms with Gasteiger partial charge in [-0.05, 0) is 43.3 Å². The molecule has 0 radical (unpaired) electrons. The molecular weight excluding hydrogens is 354 g/mol. The first kappa shape index (κ1) is 17.5. The van der Waals surface area contributed by atoms with Crippen LogP contribution in [0.25, 0.3) is 22.2 Å². The monoisotopic (exact) mass is 373 g/mol. The van der Waals surface area contributed by atoms with Crippen LogP contribution in [0.3, 0.4) is 0 Å². The quantitative estimate of drug-likeness (QED) is 0.368. The van der Waals surface area contributed by atoms with Crippen LogP contribution in [-0.2, 0) is 0 Å². The van der Waals surface area contributed by atoms with Crippen LogP contribution in [0.4, 0.5) is 0 Å². The number of methoxy groups -OCH3 is 1. The van der Waals surface area contributed by atoms with E-state index in [4.69, 9.17) is 4.74 Å². The minimum absolute atomic E-state index is 0.332. The second kappa shape index (κ2) is 7.40. The largest absolute Gasteiger partial charge is 0.497 e. The van der Waals surface area contributed by atoms with E-state index in [-0.39, 0.29) is 5.91 Å². The van der Waals surface area contributed by atoms with Crippen LogP contribution >= 0.6 is 0 Å². The highest BCUT2D eigenvalue weighted by atomic mass is 16.5. The molecule has 1 amide bonds. The summed E-state index contributed by atoms with van der Waals surface area (Å²) in [6.07, 6.45) is 1.65. The maximum atomic E-state index is 12.3. The molecule has 7 heteroatoms. The molecule has 0 aliphatic heterocycles. The molecule has 0 fully saturated rings. The molecule has 0 saturated carbocycles. The molecule has 4 rings (SSSR count). The van der Waals surface area contributed by atoms with Crippen molar-refractivity contribution in [1.29, 1.82) is 0 Å². The molecule has 140 valence electrons. The first-order chi connectivity index (χ1) is 13.7. The van der Waals surface area contributed by atoms with Crippen molar-refractivity contribution < 1.29 is 9.53 Å². The van der Waals surface area contributed by atoms with E-state index >= 15 is 0 Å². The van der Waals surface area contributed by atoms with Gasteiger partial charge in [0.2, 0.25) is 0 Å². The van der Waals surface area contributed by atoms with Crippen molar-refractivity contribution in [2.45, 2.75) is 6.92 Å². The van der Waals surface area contributed by atoms with Gasteiger partial charge < -0.3 is 9.72 Å². The van der Waals surface area contributed by atoms with Crippen LogP contribution in [0, 0.1) is 6.92 Å². The number of benzene rings is 2. The van der Waals surface area contributed by atoms with Gasteiger partial charge in [0.05, 0.1) is 19.0 Å². The second-order valence-corrected chi connectivity index (χ2v) is 6.30. The fraction of sp³-hybridized carbons (Fsp3) is 0.0952. The standard InChI is InChI=1S/C21H19N5O2/c1-13-17(16-5-3-4-6-18(16)23-13)12-22-26-21(27)20-11-19(24-25-20)14-7-9-15(28-2)10-8-14/h3-12,23H,1-2H3,(H,24,25)(H,26,27)/b22-12+. The zero-order valence-corrected chi connectivity index (χ0v) is 15.5. The maximum Gasteiger partial charge on any atom is 0.289 e. The molecule has 2 heterocycles. The number of hydrogen-bond donors (Lipinski definition) is 3. The predicted molar refractivity (Wildman–Crippen MR) is 109 cm³/mol. The molecule has 0 aliphatic carbocycles. The molecule has 2 aromatic heterocycles. The number of nitrogens with one attached hydrogen (secondary N) is 3. The maximum absolute atomic E-state index is 12.3. The summed E-state index contributed by atoms with van der Waals surface area (Å²) in [7, 11) is 1.62. The lowest BCUT2D eigenvalue weighted by Gasteiger charge is -2.00. The van der Waals surface area contributed by atoms with Crippen LogP contribution in [0.15, 0.2) is 59.7 Å². The Morgan fingerprint density at radius 3 is 2.75 bits per heavy atom. The van der Waals surface area contributed by atoms with Crippen LogP contribution in [-0.4, -0.2) is 34.4 Å². The molecule has 7 nitrogen and oxygen atoms in total. The summed E-state index contributed by atoms with van der Waals surface area (Å²) in [5, 5.41) is 12.1. The number of carbonyl (C=O) groups is 1. The first-order valence-corrected chi connectivity index (χ1v) is 8.76. The van der Waals surface area contributed by atoms with E-state index in [0.29, 0.717) is 11.4 Å². The molecule has 3 N–H and O–H groups in total. The Labute approximate surface area is 161 Å². The fourth-order valence-corrected chi connectivity index (χ4v) is 3.03. The summed E-state index contributed by atoms with van der Waals surface area (Å²) in [6, 6.07) is 17.1. The average molecular weight is 373 g/mol. The lowest BCUT2D eigenvalue weighted by atomic mass is 10.1. The minimum Gasteiger partial charge on any atom is -0.497 e. The second-order valence-electron chi connectivity index (χ2n) is 6.30. The molecule has 4 aromatic rings. The SMILES string of the molecule is COc1ccc(-c2cc(C(=O)N/N=C/c3c(C)[nH]c4ccccc34)[nH]n2)cc1. The van der Waals surface area contributed by atoms with E-state index < -0.39 is 0 Å². The molecule has 0 saturated heterocycles. The van der Waals surface area contributed by atoms with Gasteiger partial charge in [0, 0.05) is 27.7 Å². The summed E-state index contributed by atoms with van der Waals surface area (Å²) < 4.78 is 5.15. The minimum atomic E-state index is -0.360. The number of fused-ring (bicyclic) bond motifs is 1. The molecule has 0 unspecified atom stereocenters. The average Bonchev–Trinajstić information content (AvgIpc) is 3.33. The Morgan fingerprint density at radius 2 is 1.96 bits per heavy atom. The number of nitrogens with zero attached hydrogens (tertiary/aromatic N) is 2. The van der Waals surface area contributed by atoms with Gasteiger partial charge in [-0.2, -0.15) is 10.2 Å². The Bertz CT molecular complexity index is 1160. The van der Waals surface area contributed by atoms with E-state index in [1.165, 1.54) is 0 Å². The summed E-state index contributed by atoms with van der Waals surface area (Å²) >= 11 is 0. The van der Waals surface area contributed by atoms with Gasteiger partial charge in [-0.1, -0.05) is 18.2 Å². The molecule has 2 aromatic carbocycles. The van der Waals surface area contributed by atoms with E-state index in [1.54, 1.807) is 19.4 Å². The van der Waals surface area contributed by atoms with E-state index in [1.807, 2.05) is 55.5 Å². The number of aryl methyl sites for hydroxylation is 1. The summed E-state index contributed by atoms with van der Waals surface area (Å²) in [6.45, 7) is 1.97. The smallest absolute Gasteiger partial charge is 0.289 e. The number of carbonyl (C=O) groups excluding carboxylic acids is 1. The number of rotatable bonds is 5. The lowest BCUT2D eigenvalue weighted by molar-refractivity contribution is 0.0950. The van der Waals surface area contributed by atoms with Crippen molar-refractivity contribution in [3.63, 3.8) is 0 Å². The topological polar surface area (TPSA) is 95.2 Å². The van der Waals surface area contributed by atoms with Crippen molar-refractivity contribution in [2.75, 3.05) is 7.11 Å². The number of hydrazone groups is 1. The highest BCUT2D eigenvalue weighted by Crippen LogP contribution is 2.21. The molecule has 0 bridgehead atoms. The molecule has 28 heavy (non-hydrogen) atoms. The molecule has 0 spiro atoms. The van der Waals surface area contributed by atoms with Gasteiger partial charge in [-0.3, -0.25) is 9.89 Å². The normalized spacial score (nSPS) is 11.2. The van der Waals surface area contributed by atoms with Gasteiger partial charge >= 0.3 is 0 Å². The first-order valence-electron chi connectivity index (χ1n) is 8.76. The van der Waals surface area contributed by atoms with Crippen LogP contribution in [0.5, 0.6) is 5.75 Å². The Kier molecular flexibility index (Phi) is 4.63. The Hall–Kier alpha value is -3.87. The number of amides is 1. The highest BCUT2D eigenvalue weighted by molar-refractivity contribution is 6.01. The highest BCUT2D eigenvalue weighted by Gasteiger charge is 2.11. The molecule has 0 atom stereocenters. The zero-order valence-electron chi connectivity index (χ0n) is 15.5. The lowest BCUT2D eigenvalue weighted by Crippen LogP contribution is -2.18. The van der Waals surface area contributed by atoms with Crippen molar-refractivity contribution >= 4 is 23.0 Å². The Balaban J connectivity index is 1.47. The number of aromatic amines is 2. The third-order valence-corrected chi connectivity index (χ3v) is 4.51. The molecule has 0 aliphatic rings. The van der Waals surface area contributed by atoms with Crippen LogP contribution < -0.4 is 10.2 Å². The van der Waals surface area contributed by atoms with E-state index in [0.717, 1.165) is 33.5 Å². The van der Waals surface area contributed by atoms with E-state index in [9.17, 15) is 4.79 Å². The van der Waals surface area contributed by atoms with Crippen molar-refractivity contribution in [3.05, 3.63) is 71.5 Å². The van der Waals surface area contributed by atoms with Crippen LogP contribution in [0.1, 0.15) is 21.7 Å². The number of H-pyrrole nitrogens is 2. The summed E-state index contributed by atoms with van der Waals surface area (Å²) in [5.74, 6) is 0.403.